The largest absolute Gasteiger partial charge is 0.390 e. The van der Waals surface area contributed by atoms with E-state index in [0.717, 1.165) is 5.56 Å². The van der Waals surface area contributed by atoms with Gasteiger partial charge in [0.15, 0.2) is 0 Å². The summed E-state index contributed by atoms with van der Waals surface area (Å²) in [6.45, 7) is 1.71. The lowest BCUT2D eigenvalue weighted by atomic mass is 9.77. The minimum absolute atomic E-state index is 0.108. The highest BCUT2D eigenvalue weighted by molar-refractivity contribution is 5.25. The van der Waals surface area contributed by atoms with Gasteiger partial charge < -0.3 is 10.0 Å². The predicted molar refractivity (Wildman–Crippen MR) is 85.1 cm³/mol. The van der Waals surface area contributed by atoms with Crippen molar-refractivity contribution in [2.45, 2.75) is 56.7 Å². The van der Waals surface area contributed by atoms with Crippen molar-refractivity contribution in [1.29, 1.82) is 0 Å². The molecule has 0 aromatic heterocycles. The van der Waals surface area contributed by atoms with Crippen molar-refractivity contribution >= 4 is 0 Å². The van der Waals surface area contributed by atoms with E-state index in [9.17, 15) is 5.11 Å². The summed E-state index contributed by atoms with van der Waals surface area (Å²) >= 11 is 0. The number of aryl methyl sites for hydroxylation is 1. The zero-order valence-corrected chi connectivity index (χ0v) is 12.1. The summed E-state index contributed by atoms with van der Waals surface area (Å²) < 4.78 is 90.5. The molecule has 20 heavy (non-hydrogen) atoms. The van der Waals surface area contributed by atoms with Crippen LogP contribution in [0.5, 0.6) is 0 Å². The molecule has 1 N–H and O–H groups in total. The SMILES string of the molecule is [2H]C(CN(C)C)(CC1(O)C([2H])([2H])C([2H])([2H])C([2H])([2H])C([2H])([2H])C1([2H])[2H])c1ccc(C)cc1. The summed E-state index contributed by atoms with van der Waals surface area (Å²) in [4.78, 5) is 1.58. The molecule has 1 fully saturated rings. The molecule has 1 aromatic carbocycles. The molecule has 2 rings (SSSR count). The number of hydrogen-bond donors (Lipinski definition) is 1. The molecule has 2 heteroatoms. The fourth-order valence-corrected chi connectivity index (χ4v) is 2.15. The van der Waals surface area contributed by atoms with Crippen LogP contribution in [0.4, 0.5) is 0 Å². The maximum Gasteiger partial charge on any atom is 0.0654 e. The van der Waals surface area contributed by atoms with Crippen LogP contribution in [-0.4, -0.2) is 36.2 Å². The van der Waals surface area contributed by atoms with Crippen molar-refractivity contribution < 1.29 is 20.2 Å². The van der Waals surface area contributed by atoms with E-state index in [-0.39, 0.29) is 6.54 Å². The van der Waals surface area contributed by atoms with Crippen molar-refractivity contribution in [2.75, 3.05) is 20.6 Å². The summed E-state index contributed by atoms with van der Waals surface area (Å²) in [5.41, 5.74) is -2.19. The van der Waals surface area contributed by atoms with Gasteiger partial charge in [-0.1, -0.05) is 48.9 Å². The molecule has 1 unspecified atom stereocenters. The Morgan fingerprint density at radius 2 is 1.85 bits per heavy atom. The van der Waals surface area contributed by atoms with Gasteiger partial charge in [0, 0.05) is 21.6 Å². The van der Waals surface area contributed by atoms with Crippen LogP contribution in [0.1, 0.15) is 70.4 Å². The summed E-state index contributed by atoms with van der Waals surface area (Å²) in [7, 11) is 3.26. The number of benzene rings is 1. The average molecular weight is 287 g/mol. The summed E-state index contributed by atoms with van der Waals surface area (Å²) in [6.07, 6.45) is -18.9. The first-order chi connectivity index (χ1) is 13.6. The van der Waals surface area contributed by atoms with Gasteiger partial charge in [-0.25, -0.2) is 0 Å². The second kappa shape index (κ2) is 6.73. The standard InChI is InChI=1S/C18H29NO/c1-15-7-9-16(10-8-15)17(14-19(2)3)13-18(20)11-5-4-6-12-18/h7-10,17,20H,4-6,11-14H2,1-3H3/i4D2,5D2,6D2,11D2,12D2,17D. The van der Waals surface area contributed by atoms with Crippen LogP contribution in [0.15, 0.2) is 24.3 Å². The Morgan fingerprint density at radius 1 is 1.25 bits per heavy atom. The van der Waals surface area contributed by atoms with Gasteiger partial charge in [-0.2, -0.15) is 0 Å². The summed E-state index contributed by atoms with van der Waals surface area (Å²) in [5.74, 6) is -1.86. The zero-order chi connectivity index (χ0) is 24.5. The number of nitrogens with zero attached hydrogens (tertiary/aromatic N) is 1. The van der Waals surface area contributed by atoms with E-state index in [1.807, 2.05) is 6.92 Å². The van der Waals surface area contributed by atoms with E-state index in [4.69, 9.17) is 15.1 Å². The van der Waals surface area contributed by atoms with Crippen molar-refractivity contribution in [3.05, 3.63) is 35.4 Å². The molecule has 0 amide bonds. The van der Waals surface area contributed by atoms with Crippen LogP contribution in [0.2, 0.25) is 0 Å². The first-order valence-corrected chi connectivity index (χ1v) is 6.57. The highest BCUT2D eigenvalue weighted by Gasteiger charge is 2.32. The third kappa shape index (κ3) is 4.32. The normalized spacial score (nSPS) is 42.4. The topological polar surface area (TPSA) is 23.5 Å². The molecule has 1 atom stereocenters. The molecule has 1 aliphatic carbocycles. The van der Waals surface area contributed by atoms with E-state index in [2.05, 4.69) is 0 Å². The molecular weight excluding hydrogens is 246 g/mol. The van der Waals surface area contributed by atoms with Crippen molar-refractivity contribution in [3.8, 4) is 0 Å². The van der Waals surface area contributed by atoms with Crippen LogP contribution in [-0.2, 0) is 0 Å². The predicted octanol–water partition coefficient (Wildman–Crippen LogP) is 3.73. The maximum atomic E-state index is 11.5. The third-order valence-electron chi connectivity index (χ3n) is 3.10. The lowest BCUT2D eigenvalue weighted by Gasteiger charge is -2.36. The summed E-state index contributed by atoms with van der Waals surface area (Å²) in [6, 6.07) is 6.54. The van der Waals surface area contributed by atoms with Gasteiger partial charge in [0.25, 0.3) is 0 Å². The smallest absolute Gasteiger partial charge is 0.0654 e. The van der Waals surface area contributed by atoms with Gasteiger partial charge in [0.1, 0.15) is 0 Å². The Bertz CT molecular complexity index is 792. The number of hydrogen-bond acceptors (Lipinski definition) is 2. The van der Waals surface area contributed by atoms with Gasteiger partial charge in [-0.3, -0.25) is 0 Å². The number of rotatable bonds is 5. The highest BCUT2D eigenvalue weighted by atomic mass is 16.3. The monoisotopic (exact) mass is 286 g/mol. The Hall–Kier alpha value is -0.860. The van der Waals surface area contributed by atoms with E-state index < -0.39 is 49.8 Å². The first-order valence-electron chi connectivity index (χ1n) is 12.1. The molecule has 1 aromatic rings. The van der Waals surface area contributed by atoms with Gasteiger partial charge in [-0.05, 0) is 51.6 Å². The van der Waals surface area contributed by atoms with Crippen LogP contribution in [0.3, 0.4) is 0 Å². The molecule has 0 aliphatic heterocycles. The molecule has 0 heterocycles. The van der Waals surface area contributed by atoms with Gasteiger partial charge >= 0.3 is 0 Å². The van der Waals surface area contributed by atoms with Crippen LogP contribution in [0.25, 0.3) is 0 Å². The Kier molecular flexibility index (Phi) is 2.19. The van der Waals surface area contributed by atoms with Crippen molar-refractivity contribution in [2.24, 2.45) is 0 Å². The highest BCUT2D eigenvalue weighted by Crippen LogP contribution is 2.36. The molecule has 112 valence electrons. The van der Waals surface area contributed by atoms with Crippen LogP contribution >= 0.6 is 0 Å². The molecule has 0 spiro atoms. The lowest BCUT2D eigenvalue weighted by molar-refractivity contribution is -0.0116. The fraction of sp³-hybridized carbons (Fsp3) is 0.667. The van der Waals surface area contributed by atoms with Gasteiger partial charge in [0.05, 0.1) is 5.60 Å². The molecule has 2 nitrogen and oxygen atoms in total. The molecule has 1 saturated carbocycles. The maximum absolute atomic E-state index is 11.5. The van der Waals surface area contributed by atoms with Crippen LogP contribution < -0.4 is 0 Å². The second-order valence-corrected chi connectivity index (χ2v) is 5.37. The number of aliphatic hydroxyl groups is 1. The zero-order valence-electron chi connectivity index (χ0n) is 23.1. The molecular formula is C18H29NO. The van der Waals surface area contributed by atoms with Crippen molar-refractivity contribution in [3.63, 3.8) is 0 Å². The molecule has 0 saturated heterocycles. The van der Waals surface area contributed by atoms with E-state index in [0.29, 0.717) is 5.56 Å². The van der Waals surface area contributed by atoms with E-state index in [1.54, 1.807) is 43.3 Å². The van der Waals surface area contributed by atoms with Crippen LogP contribution in [0, 0.1) is 6.92 Å². The molecule has 1 aliphatic rings. The van der Waals surface area contributed by atoms with Gasteiger partial charge in [-0.15, -0.1) is 0 Å². The summed E-state index contributed by atoms with van der Waals surface area (Å²) in [5, 5.41) is 11.5. The fourth-order valence-electron chi connectivity index (χ4n) is 2.15. The van der Waals surface area contributed by atoms with E-state index >= 15 is 0 Å². The minimum Gasteiger partial charge on any atom is -0.390 e. The Morgan fingerprint density at radius 3 is 2.40 bits per heavy atom. The second-order valence-electron chi connectivity index (χ2n) is 5.37. The molecule has 0 radical (unpaired) electrons. The number of likely N-dealkylation sites (N-methyl/N-ethyl adjacent to an activating group) is 1. The average Bonchev–Trinajstić information content (AvgIpc) is 2.59. The van der Waals surface area contributed by atoms with Gasteiger partial charge in [0.2, 0.25) is 0 Å². The Labute approximate surface area is 139 Å². The quantitative estimate of drug-likeness (QED) is 0.891. The first kappa shape index (κ1) is 6.50. The molecule has 0 bridgehead atoms. The minimum atomic E-state index is -3.60. The lowest BCUT2D eigenvalue weighted by Crippen LogP contribution is -2.35. The van der Waals surface area contributed by atoms with E-state index in [1.165, 1.54) is 0 Å². The third-order valence-corrected chi connectivity index (χ3v) is 3.10. The Balaban J connectivity index is 2.78. The van der Waals surface area contributed by atoms with Crippen molar-refractivity contribution in [1.82, 2.24) is 4.90 Å².